The number of carboxylic acid groups (broad SMARTS) is 1. The smallest absolute Gasteiger partial charge is 0.303 e. The number of aliphatic carboxylic acids is 1. The van der Waals surface area contributed by atoms with Crippen molar-refractivity contribution >= 4 is 23.1 Å². The van der Waals surface area contributed by atoms with Crippen LogP contribution in [0.5, 0.6) is 5.75 Å². The Morgan fingerprint density at radius 2 is 1.94 bits per heavy atom. The van der Waals surface area contributed by atoms with Gasteiger partial charge in [-0.15, -0.1) is 0 Å². The van der Waals surface area contributed by atoms with Crippen LogP contribution in [-0.2, 0) is 11.2 Å². The molecule has 0 radical (unpaired) electrons. The second-order valence-corrected chi connectivity index (χ2v) is 8.31. The summed E-state index contributed by atoms with van der Waals surface area (Å²) >= 11 is 5.76. The first kappa shape index (κ1) is 23.2. The summed E-state index contributed by atoms with van der Waals surface area (Å²) in [6, 6.07) is 7.88. The zero-order chi connectivity index (χ0) is 22.8. The van der Waals surface area contributed by atoms with Gasteiger partial charge in [0.05, 0.1) is 5.02 Å². The molecule has 0 amide bonds. The zero-order valence-corrected chi connectivity index (χ0v) is 18.2. The van der Waals surface area contributed by atoms with Crippen LogP contribution in [0.15, 0.2) is 35.9 Å². The van der Waals surface area contributed by atoms with E-state index < -0.39 is 24.1 Å². The van der Waals surface area contributed by atoms with E-state index in [1.807, 2.05) is 13.8 Å². The molecule has 3 nitrogen and oxygen atoms in total. The molecule has 0 saturated carbocycles. The van der Waals surface area contributed by atoms with Crippen molar-refractivity contribution in [2.45, 2.75) is 51.9 Å². The van der Waals surface area contributed by atoms with E-state index in [0.29, 0.717) is 28.9 Å². The molecule has 0 aliphatic heterocycles. The minimum Gasteiger partial charge on any atom is -0.489 e. The molecular formula is C24H24ClF3O3. The van der Waals surface area contributed by atoms with Crippen LogP contribution in [0.4, 0.5) is 13.2 Å². The molecule has 2 aromatic carbocycles. The normalized spacial score (nSPS) is 15.8. The van der Waals surface area contributed by atoms with Gasteiger partial charge in [-0.05, 0) is 78.3 Å². The first-order chi connectivity index (χ1) is 14.6. The molecule has 0 aromatic heterocycles. The summed E-state index contributed by atoms with van der Waals surface area (Å²) in [6.07, 6.45) is -0.178. The molecule has 166 valence electrons. The molecule has 1 aliphatic rings. The van der Waals surface area contributed by atoms with Crippen LogP contribution in [0.3, 0.4) is 0 Å². The zero-order valence-electron chi connectivity index (χ0n) is 17.4. The van der Waals surface area contributed by atoms with Gasteiger partial charge in [0.15, 0.2) is 0 Å². The third-order valence-corrected chi connectivity index (χ3v) is 6.07. The molecule has 0 unspecified atom stereocenters. The highest BCUT2D eigenvalue weighted by Gasteiger charge is 2.36. The van der Waals surface area contributed by atoms with Gasteiger partial charge in [-0.3, -0.25) is 4.79 Å². The van der Waals surface area contributed by atoms with Crippen molar-refractivity contribution in [3.63, 3.8) is 0 Å². The number of carboxylic acids is 1. The van der Waals surface area contributed by atoms with Crippen molar-refractivity contribution in [1.82, 2.24) is 0 Å². The summed E-state index contributed by atoms with van der Waals surface area (Å²) in [5.74, 6) is -3.74. The number of ether oxygens (including phenoxy) is 1. The molecule has 0 atom stereocenters. The van der Waals surface area contributed by atoms with E-state index >= 15 is 0 Å². The highest BCUT2D eigenvalue weighted by Crippen LogP contribution is 2.41. The highest BCUT2D eigenvalue weighted by molar-refractivity contribution is 6.30. The summed E-state index contributed by atoms with van der Waals surface area (Å²) in [4.78, 5) is 10.8. The van der Waals surface area contributed by atoms with Crippen LogP contribution in [0.2, 0.25) is 5.02 Å². The van der Waals surface area contributed by atoms with E-state index in [-0.39, 0.29) is 30.9 Å². The Hall–Kier alpha value is -2.47. The molecule has 0 spiro atoms. The van der Waals surface area contributed by atoms with Crippen molar-refractivity contribution in [3.8, 4) is 5.75 Å². The maximum absolute atomic E-state index is 14.1. The van der Waals surface area contributed by atoms with Crippen molar-refractivity contribution in [2.24, 2.45) is 0 Å². The maximum atomic E-state index is 14.1. The monoisotopic (exact) mass is 452 g/mol. The predicted octanol–water partition coefficient (Wildman–Crippen LogP) is 6.76. The molecular weight excluding hydrogens is 429 g/mol. The van der Waals surface area contributed by atoms with Crippen molar-refractivity contribution < 1.29 is 27.8 Å². The average molecular weight is 453 g/mol. The Labute approximate surface area is 184 Å². The Morgan fingerprint density at radius 3 is 2.61 bits per heavy atom. The van der Waals surface area contributed by atoms with Gasteiger partial charge in [-0.2, -0.15) is 0 Å². The third-order valence-electron chi connectivity index (χ3n) is 5.77. The third kappa shape index (κ3) is 5.62. The molecule has 1 aliphatic carbocycles. The minimum atomic E-state index is -2.83. The quantitative estimate of drug-likeness (QED) is 0.504. The van der Waals surface area contributed by atoms with Crippen molar-refractivity contribution in [1.29, 1.82) is 0 Å². The van der Waals surface area contributed by atoms with Gasteiger partial charge >= 0.3 is 5.97 Å². The van der Waals surface area contributed by atoms with E-state index in [1.165, 1.54) is 12.1 Å². The number of hydrogen-bond donors (Lipinski definition) is 1. The maximum Gasteiger partial charge on any atom is 0.303 e. The van der Waals surface area contributed by atoms with Crippen LogP contribution in [0, 0.1) is 19.7 Å². The first-order valence-corrected chi connectivity index (χ1v) is 10.4. The Morgan fingerprint density at radius 1 is 1.19 bits per heavy atom. The van der Waals surface area contributed by atoms with Crippen LogP contribution < -0.4 is 4.74 Å². The molecule has 0 bridgehead atoms. The second-order valence-electron chi connectivity index (χ2n) is 7.90. The molecule has 3 rings (SSSR count). The number of alkyl halides is 2. The molecule has 0 saturated heterocycles. The van der Waals surface area contributed by atoms with E-state index in [9.17, 15) is 18.0 Å². The van der Waals surface area contributed by atoms with Gasteiger partial charge in [0.25, 0.3) is 5.92 Å². The predicted molar refractivity (Wildman–Crippen MR) is 114 cm³/mol. The summed E-state index contributed by atoms with van der Waals surface area (Å²) in [5, 5.41) is 8.87. The van der Waals surface area contributed by atoms with E-state index in [4.69, 9.17) is 21.4 Å². The largest absolute Gasteiger partial charge is 0.489 e. The lowest BCUT2D eigenvalue weighted by Gasteiger charge is -2.28. The lowest BCUT2D eigenvalue weighted by molar-refractivity contribution is -0.136. The summed E-state index contributed by atoms with van der Waals surface area (Å²) in [5.41, 5.74) is 4.30. The van der Waals surface area contributed by atoms with Gasteiger partial charge in [0.2, 0.25) is 0 Å². The number of hydrogen-bond acceptors (Lipinski definition) is 2. The molecule has 2 aromatic rings. The van der Waals surface area contributed by atoms with Gasteiger partial charge in [-0.1, -0.05) is 23.7 Å². The summed E-state index contributed by atoms with van der Waals surface area (Å²) in [7, 11) is 0. The molecule has 0 fully saturated rings. The van der Waals surface area contributed by atoms with Gasteiger partial charge in [-0.25, -0.2) is 13.2 Å². The fourth-order valence-corrected chi connectivity index (χ4v) is 3.97. The number of rotatable bonds is 7. The number of benzene rings is 2. The molecule has 7 heteroatoms. The van der Waals surface area contributed by atoms with Crippen molar-refractivity contribution in [2.75, 3.05) is 6.61 Å². The van der Waals surface area contributed by atoms with E-state index in [0.717, 1.165) is 16.7 Å². The lowest BCUT2D eigenvalue weighted by atomic mass is 9.85. The van der Waals surface area contributed by atoms with E-state index in [1.54, 1.807) is 18.2 Å². The lowest BCUT2D eigenvalue weighted by Crippen LogP contribution is -2.24. The Kier molecular flexibility index (Phi) is 6.99. The first-order valence-electron chi connectivity index (χ1n) is 10.1. The summed E-state index contributed by atoms with van der Waals surface area (Å²) < 4.78 is 48.1. The number of aryl methyl sites for hydroxylation is 1. The van der Waals surface area contributed by atoms with Gasteiger partial charge < -0.3 is 9.84 Å². The van der Waals surface area contributed by atoms with Crippen LogP contribution >= 0.6 is 11.6 Å². The van der Waals surface area contributed by atoms with Crippen LogP contribution in [-0.4, -0.2) is 23.6 Å². The van der Waals surface area contributed by atoms with E-state index in [2.05, 4.69) is 0 Å². The summed E-state index contributed by atoms with van der Waals surface area (Å²) in [6.45, 7) is 3.70. The van der Waals surface area contributed by atoms with Crippen LogP contribution in [0.25, 0.3) is 5.57 Å². The fourth-order valence-electron chi connectivity index (χ4n) is 3.85. The standard InChI is InChI=1S/C24H24ClF3O3/c1-14-15(2)22(7-4-16(14)5-8-23(29)30)31-13-18-12-24(27,28)10-9-19(18)17-3-6-20(25)21(26)11-17/h3-4,6-7,11H,5,8-10,12-13H2,1-2H3,(H,29,30). The van der Waals surface area contributed by atoms with Crippen molar-refractivity contribution in [3.05, 3.63) is 69.0 Å². The molecule has 31 heavy (non-hydrogen) atoms. The van der Waals surface area contributed by atoms with Crippen LogP contribution in [0.1, 0.15) is 47.9 Å². The number of allylic oxidation sites excluding steroid dienone is 1. The highest BCUT2D eigenvalue weighted by atomic mass is 35.5. The Bertz CT molecular complexity index is 1030. The molecule has 0 heterocycles. The number of carbonyl (C=O) groups is 1. The average Bonchev–Trinajstić information content (AvgIpc) is 2.70. The van der Waals surface area contributed by atoms with Gasteiger partial charge in [0.1, 0.15) is 18.2 Å². The van der Waals surface area contributed by atoms with Gasteiger partial charge in [0, 0.05) is 19.3 Å². The second kappa shape index (κ2) is 9.35. The minimum absolute atomic E-state index is 0.0163. The topological polar surface area (TPSA) is 46.5 Å². The number of halogens is 4. The fraction of sp³-hybridized carbons (Fsp3) is 0.375. The SMILES string of the molecule is Cc1c(CCC(=O)O)ccc(OCC2=C(c3ccc(Cl)c(F)c3)CCC(F)(F)C2)c1C. The molecule has 1 N–H and O–H groups in total. The Balaban J connectivity index is 1.86.